The van der Waals surface area contributed by atoms with E-state index in [9.17, 15) is 15.3 Å². The van der Waals surface area contributed by atoms with E-state index in [1.807, 2.05) is 0 Å². The molecule has 14 nitrogen and oxygen atoms in total. The number of aromatic hydroxyl groups is 1. The van der Waals surface area contributed by atoms with Crippen molar-refractivity contribution >= 4 is 0 Å². The number of hydrogen-bond acceptors (Lipinski definition) is 14. The summed E-state index contributed by atoms with van der Waals surface area (Å²) < 4.78 is 28.0. The first kappa shape index (κ1) is 33.2. The third kappa shape index (κ3) is 8.90. The molecule has 1 aromatic heterocycles. The van der Waals surface area contributed by atoms with Crippen LogP contribution in [0.2, 0.25) is 0 Å². The number of aliphatic hydroxyl groups is 5. The summed E-state index contributed by atoms with van der Waals surface area (Å²) in [5.41, 5.74) is 1.07. The number of hydrogen-bond donors (Lipinski definition) is 6. The highest BCUT2D eigenvalue weighted by molar-refractivity contribution is 5.75. The SMILES string of the molecule is OCCOc1ccc(-c2nc(-c3ccc(OCCO)cc3OCCO)nc(-c3ccc(OCCO)cc3OCCO)n2)c(O)c1. The van der Waals surface area contributed by atoms with Crippen LogP contribution in [0.4, 0.5) is 0 Å². The molecule has 0 aliphatic carbocycles. The molecule has 0 aliphatic heterocycles. The first-order chi connectivity index (χ1) is 22.0. The minimum Gasteiger partial charge on any atom is -0.507 e. The van der Waals surface area contributed by atoms with Crippen molar-refractivity contribution < 1.29 is 54.3 Å². The monoisotopic (exact) mass is 625 g/mol. The number of benzene rings is 3. The van der Waals surface area contributed by atoms with Crippen LogP contribution in [-0.2, 0) is 0 Å². The molecular weight excluding hydrogens is 590 g/mol. The zero-order valence-electron chi connectivity index (χ0n) is 24.3. The number of rotatable bonds is 18. The molecule has 0 amide bonds. The minimum atomic E-state index is -0.260. The van der Waals surface area contributed by atoms with Crippen molar-refractivity contribution in [2.24, 2.45) is 0 Å². The fraction of sp³-hybridized carbons (Fsp3) is 0.323. The van der Waals surface area contributed by atoms with Crippen molar-refractivity contribution in [2.45, 2.75) is 0 Å². The lowest BCUT2D eigenvalue weighted by molar-refractivity contribution is 0.195. The standard InChI is InChI=1S/C31H35N3O11/c35-7-12-41-20-1-4-23(26(40)17-20)29-32-30(24-5-2-21(42-13-8-36)18-27(24)44-15-10-38)34-31(33-29)25-6-3-22(43-14-9-37)19-28(25)45-16-11-39/h1-6,17-19,35-40H,7-16H2. The molecule has 240 valence electrons. The van der Waals surface area contributed by atoms with Gasteiger partial charge in [-0.1, -0.05) is 0 Å². The minimum absolute atomic E-state index is 0.0359. The van der Waals surface area contributed by atoms with E-state index in [-0.39, 0.29) is 106 Å². The smallest absolute Gasteiger partial charge is 0.167 e. The summed E-state index contributed by atoms with van der Waals surface area (Å²) in [4.78, 5) is 14.0. The second-order valence-corrected chi connectivity index (χ2v) is 9.16. The third-order valence-corrected chi connectivity index (χ3v) is 6.01. The van der Waals surface area contributed by atoms with Gasteiger partial charge in [-0.25, -0.2) is 15.0 Å². The zero-order valence-corrected chi connectivity index (χ0v) is 24.3. The van der Waals surface area contributed by atoms with Gasteiger partial charge in [0, 0.05) is 18.2 Å². The number of nitrogens with zero attached hydrogens (tertiary/aromatic N) is 3. The van der Waals surface area contributed by atoms with Crippen LogP contribution in [0.5, 0.6) is 34.5 Å². The van der Waals surface area contributed by atoms with Gasteiger partial charge in [-0.2, -0.15) is 0 Å². The highest BCUT2D eigenvalue weighted by Crippen LogP contribution is 2.38. The Kier molecular flexibility index (Phi) is 12.5. The molecule has 45 heavy (non-hydrogen) atoms. The number of phenols is 1. The molecule has 0 fully saturated rings. The molecule has 0 aliphatic rings. The van der Waals surface area contributed by atoms with Crippen molar-refractivity contribution in [3.8, 4) is 68.7 Å². The van der Waals surface area contributed by atoms with Crippen molar-refractivity contribution in [3.05, 3.63) is 54.6 Å². The largest absolute Gasteiger partial charge is 0.507 e. The molecular formula is C31H35N3O11. The molecule has 4 aromatic rings. The summed E-state index contributed by atoms with van der Waals surface area (Å²) in [6.45, 7) is -1.00. The summed E-state index contributed by atoms with van der Waals surface area (Å²) in [5, 5.41) is 57.2. The van der Waals surface area contributed by atoms with E-state index in [1.54, 1.807) is 48.5 Å². The van der Waals surface area contributed by atoms with Crippen LogP contribution in [0.1, 0.15) is 0 Å². The van der Waals surface area contributed by atoms with Gasteiger partial charge in [0.05, 0.1) is 49.7 Å². The lowest BCUT2D eigenvalue weighted by Crippen LogP contribution is -2.08. The van der Waals surface area contributed by atoms with E-state index in [0.717, 1.165) is 0 Å². The maximum atomic E-state index is 10.9. The Hall–Kier alpha value is -4.73. The van der Waals surface area contributed by atoms with Gasteiger partial charge in [-0.15, -0.1) is 0 Å². The predicted octanol–water partition coefficient (Wildman–Crippen LogP) is 1.43. The maximum Gasteiger partial charge on any atom is 0.167 e. The van der Waals surface area contributed by atoms with Crippen LogP contribution < -0.4 is 23.7 Å². The Morgan fingerprint density at radius 3 is 1.13 bits per heavy atom. The topological polar surface area (TPSA) is 206 Å². The fourth-order valence-corrected chi connectivity index (χ4v) is 4.12. The molecule has 4 rings (SSSR count). The van der Waals surface area contributed by atoms with Gasteiger partial charge in [-0.05, 0) is 36.4 Å². The second-order valence-electron chi connectivity index (χ2n) is 9.16. The summed E-state index contributed by atoms with van der Waals surface area (Å²) in [7, 11) is 0. The van der Waals surface area contributed by atoms with Crippen LogP contribution >= 0.6 is 0 Å². The van der Waals surface area contributed by atoms with Gasteiger partial charge < -0.3 is 54.3 Å². The molecule has 0 unspecified atom stereocenters. The zero-order chi connectivity index (χ0) is 32.0. The van der Waals surface area contributed by atoms with Gasteiger partial charge >= 0.3 is 0 Å². The Labute approximate surface area is 258 Å². The van der Waals surface area contributed by atoms with Crippen molar-refractivity contribution in [3.63, 3.8) is 0 Å². The van der Waals surface area contributed by atoms with Crippen LogP contribution in [0, 0.1) is 0 Å². The molecule has 14 heteroatoms. The van der Waals surface area contributed by atoms with Gasteiger partial charge in [0.25, 0.3) is 0 Å². The first-order valence-electron chi connectivity index (χ1n) is 14.1. The second kappa shape index (κ2) is 16.9. The van der Waals surface area contributed by atoms with Crippen LogP contribution in [0.25, 0.3) is 34.2 Å². The molecule has 0 atom stereocenters. The van der Waals surface area contributed by atoms with Crippen molar-refractivity contribution in [1.29, 1.82) is 0 Å². The quantitative estimate of drug-likeness (QED) is 0.0926. The molecule has 0 radical (unpaired) electrons. The molecule has 0 bridgehead atoms. The van der Waals surface area contributed by atoms with Gasteiger partial charge in [-0.3, -0.25) is 0 Å². The molecule has 0 spiro atoms. The summed E-state index contributed by atoms with van der Waals surface area (Å²) in [5.74, 6) is 1.89. The number of phenolic OH excluding ortho intramolecular Hbond substituents is 1. The van der Waals surface area contributed by atoms with Gasteiger partial charge in [0.1, 0.15) is 67.5 Å². The third-order valence-electron chi connectivity index (χ3n) is 6.01. The molecule has 1 heterocycles. The Bertz CT molecular complexity index is 1460. The Morgan fingerprint density at radius 1 is 0.422 bits per heavy atom. The predicted molar refractivity (Wildman–Crippen MR) is 161 cm³/mol. The van der Waals surface area contributed by atoms with E-state index in [1.165, 1.54) is 6.07 Å². The number of aliphatic hydroxyl groups excluding tert-OH is 5. The summed E-state index contributed by atoms with van der Waals surface area (Å²) >= 11 is 0. The highest BCUT2D eigenvalue weighted by atomic mass is 16.5. The highest BCUT2D eigenvalue weighted by Gasteiger charge is 2.21. The van der Waals surface area contributed by atoms with Crippen LogP contribution in [0.3, 0.4) is 0 Å². The average Bonchev–Trinajstić information content (AvgIpc) is 3.06. The lowest BCUT2D eigenvalue weighted by Gasteiger charge is -2.16. The molecule has 3 aromatic carbocycles. The van der Waals surface area contributed by atoms with E-state index in [2.05, 4.69) is 9.97 Å². The van der Waals surface area contributed by atoms with E-state index in [0.29, 0.717) is 28.4 Å². The Balaban J connectivity index is 1.90. The summed E-state index contributed by atoms with van der Waals surface area (Å²) in [6, 6.07) is 14.3. The van der Waals surface area contributed by atoms with Crippen molar-refractivity contribution in [1.82, 2.24) is 15.0 Å². The molecule has 0 saturated carbocycles. The maximum absolute atomic E-state index is 10.9. The van der Waals surface area contributed by atoms with E-state index >= 15 is 0 Å². The number of ether oxygens (including phenoxy) is 5. The Morgan fingerprint density at radius 2 is 0.756 bits per heavy atom. The average molecular weight is 626 g/mol. The van der Waals surface area contributed by atoms with Gasteiger partial charge in [0.2, 0.25) is 0 Å². The summed E-state index contributed by atoms with van der Waals surface area (Å²) in [6.07, 6.45) is 0. The first-order valence-corrected chi connectivity index (χ1v) is 14.1. The van der Waals surface area contributed by atoms with Crippen LogP contribution in [0.15, 0.2) is 54.6 Å². The molecule has 6 N–H and O–H groups in total. The number of aromatic nitrogens is 3. The fourth-order valence-electron chi connectivity index (χ4n) is 4.12. The van der Waals surface area contributed by atoms with Crippen molar-refractivity contribution in [2.75, 3.05) is 66.1 Å². The molecule has 0 saturated heterocycles. The van der Waals surface area contributed by atoms with Crippen LogP contribution in [-0.4, -0.2) is 112 Å². The normalized spacial score (nSPS) is 10.9. The van der Waals surface area contributed by atoms with E-state index < -0.39 is 0 Å². The van der Waals surface area contributed by atoms with E-state index in [4.69, 9.17) is 44.0 Å². The lowest BCUT2D eigenvalue weighted by atomic mass is 10.1. The van der Waals surface area contributed by atoms with Gasteiger partial charge in [0.15, 0.2) is 17.5 Å².